The average Bonchev–Trinajstić information content (AvgIpc) is 2.60. The average molecular weight is 356 g/mol. The highest BCUT2D eigenvalue weighted by Crippen LogP contribution is 2.28. The van der Waals surface area contributed by atoms with Crippen molar-refractivity contribution in [3.05, 3.63) is 51.2 Å². The van der Waals surface area contributed by atoms with Gasteiger partial charge in [-0.3, -0.25) is 14.3 Å². The van der Waals surface area contributed by atoms with Crippen molar-refractivity contribution in [3.8, 4) is 6.07 Å². The molecule has 0 radical (unpaired) electrons. The van der Waals surface area contributed by atoms with Gasteiger partial charge >= 0.3 is 0 Å². The van der Waals surface area contributed by atoms with Gasteiger partial charge in [0.2, 0.25) is 0 Å². The van der Waals surface area contributed by atoms with Crippen LogP contribution in [0.3, 0.4) is 0 Å². The van der Waals surface area contributed by atoms with E-state index in [1.165, 1.54) is 16.3 Å². The Bertz CT molecular complexity index is 892. The summed E-state index contributed by atoms with van der Waals surface area (Å²) in [6.45, 7) is 6.73. The molecule has 3 heterocycles. The van der Waals surface area contributed by atoms with E-state index in [4.69, 9.17) is 0 Å². The molecule has 130 valence electrons. The van der Waals surface area contributed by atoms with Gasteiger partial charge in [-0.25, -0.2) is 4.98 Å². The normalized spacial score (nSPS) is 15.3. The molecule has 0 amide bonds. The molecule has 7 heteroatoms. The smallest absolute Gasteiger partial charge is 0.272 e. The lowest BCUT2D eigenvalue weighted by Gasteiger charge is -2.21. The maximum atomic E-state index is 12.5. The van der Waals surface area contributed by atoms with Crippen molar-refractivity contribution in [1.29, 1.82) is 5.26 Å². The van der Waals surface area contributed by atoms with Crippen LogP contribution in [-0.2, 0) is 12.0 Å². The molecular weight excluding hydrogens is 336 g/mol. The van der Waals surface area contributed by atoms with Crippen LogP contribution in [0.15, 0.2) is 28.3 Å². The molecule has 0 aliphatic carbocycles. The summed E-state index contributed by atoms with van der Waals surface area (Å²) >= 11 is 1.47. The lowest BCUT2D eigenvalue weighted by atomic mass is 9.91. The van der Waals surface area contributed by atoms with Crippen LogP contribution >= 0.6 is 11.8 Å². The van der Waals surface area contributed by atoms with Gasteiger partial charge in [-0.05, 0) is 12.5 Å². The van der Waals surface area contributed by atoms with Crippen LogP contribution < -0.4 is 5.56 Å². The van der Waals surface area contributed by atoms with Crippen molar-refractivity contribution >= 4 is 11.8 Å². The molecule has 0 unspecified atom stereocenters. The standard InChI is InChI=1S/C18H20N4O2S/c1-18(2,3)13-6-5-11(10-20-13)15(23)14-12(9-19)16(24)22-7-4-8-25-17(22)21-14/h5-6,10,15,23H,4,7-8H2,1-3H3/t15-/m1/s1. The number of hydrogen-bond acceptors (Lipinski definition) is 6. The largest absolute Gasteiger partial charge is 0.382 e. The molecule has 6 nitrogen and oxygen atoms in total. The second kappa shape index (κ2) is 6.62. The fraction of sp³-hybridized carbons (Fsp3) is 0.444. The van der Waals surface area contributed by atoms with Gasteiger partial charge in [0, 0.05) is 35.2 Å². The maximum absolute atomic E-state index is 12.5. The SMILES string of the molecule is CC(C)(C)c1ccc([C@@H](O)c2nc3n(c(=O)c2C#N)CCCS3)cn1. The van der Waals surface area contributed by atoms with E-state index in [0.29, 0.717) is 17.3 Å². The molecule has 2 aromatic heterocycles. The number of nitriles is 1. The third kappa shape index (κ3) is 3.32. The zero-order valence-electron chi connectivity index (χ0n) is 14.5. The molecule has 1 aliphatic heterocycles. The number of aliphatic hydroxyl groups is 1. The molecule has 3 rings (SSSR count). The third-order valence-electron chi connectivity index (χ3n) is 4.16. The summed E-state index contributed by atoms with van der Waals surface area (Å²) in [5.74, 6) is 0.871. The molecule has 0 fully saturated rings. The van der Waals surface area contributed by atoms with Crippen molar-refractivity contribution in [3.63, 3.8) is 0 Å². The van der Waals surface area contributed by atoms with Gasteiger partial charge in [0.05, 0.1) is 5.69 Å². The Hall–Kier alpha value is -2.17. The van der Waals surface area contributed by atoms with Gasteiger partial charge in [0.25, 0.3) is 5.56 Å². The number of nitrogens with zero attached hydrogens (tertiary/aromatic N) is 4. The first-order valence-corrected chi connectivity index (χ1v) is 9.13. The Morgan fingerprint density at radius 3 is 2.76 bits per heavy atom. The fourth-order valence-electron chi connectivity index (χ4n) is 2.72. The van der Waals surface area contributed by atoms with E-state index in [2.05, 4.69) is 30.7 Å². The summed E-state index contributed by atoms with van der Waals surface area (Å²) in [4.78, 5) is 21.4. The summed E-state index contributed by atoms with van der Waals surface area (Å²) in [5, 5.41) is 20.7. The lowest BCUT2D eigenvalue weighted by Crippen LogP contribution is -2.30. The van der Waals surface area contributed by atoms with Gasteiger partial charge in [-0.2, -0.15) is 5.26 Å². The minimum absolute atomic E-state index is 0.0964. The molecule has 0 bridgehead atoms. The monoisotopic (exact) mass is 356 g/mol. The minimum atomic E-state index is -1.16. The Morgan fingerprint density at radius 1 is 1.40 bits per heavy atom. The summed E-state index contributed by atoms with van der Waals surface area (Å²) < 4.78 is 1.52. The van der Waals surface area contributed by atoms with E-state index in [9.17, 15) is 15.2 Å². The number of pyridine rings is 1. The van der Waals surface area contributed by atoms with E-state index in [-0.39, 0.29) is 22.2 Å². The second-order valence-corrected chi connectivity index (χ2v) is 8.12. The van der Waals surface area contributed by atoms with Crippen LogP contribution in [0.5, 0.6) is 0 Å². The number of thioether (sulfide) groups is 1. The van der Waals surface area contributed by atoms with E-state index < -0.39 is 6.10 Å². The Labute approximate surface area is 150 Å². The van der Waals surface area contributed by atoms with E-state index in [1.807, 2.05) is 12.1 Å². The first kappa shape index (κ1) is 17.6. The van der Waals surface area contributed by atoms with E-state index in [0.717, 1.165) is 17.9 Å². The number of rotatable bonds is 2. The van der Waals surface area contributed by atoms with Gasteiger partial charge in [-0.1, -0.05) is 38.6 Å². The molecule has 0 saturated carbocycles. The highest BCUT2D eigenvalue weighted by atomic mass is 32.2. The summed E-state index contributed by atoms with van der Waals surface area (Å²) in [6.07, 6.45) is 1.29. The number of aromatic nitrogens is 3. The lowest BCUT2D eigenvalue weighted by molar-refractivity contribution is 0.212. The summed E-state index contributed by atoms with van der Waals surface area (Å²) in [7, 11) is 0. The predicted octanol–water partition coefficient (Wildman–Crippen LogP) is 2.38. The quantitative estimate of drug-likeness (QED) is 0.831. The fourth-order valence-corrected chi connectivity index (χ4v) is 3.66. The van der Waals surface area contributed by atoms with E-state index in [1.54, 1.807) is 12.3 Å². The topological polar surface area (TPSA) is 91.8 Å². The molecule has 0 saturated heterocycles. The molecule has 0 spiro atoms. The molecule has 1 aliphatic rings. The van der Waals surface area contributed by atoms with Gasteiger partial charge < -0.3 is 5.11 Å². The van der Waals surface area contributed by atoms with Crippen LogP contribution in [0, 0.1) is 11.3 Å². The van der Waals surface area contributed by atoms with Gasteiger partial charge in [0.1, 0.15) is 17.7 Å². The number of hydrogen-bond donors (Lipinski definition) is 1. The van der Waals surface area contributed by atoms with Crippen molar-refractivity contribution in [1.82, 2.24) is 14.5 Å². The van der Waals surface area contributed by atoms with Crippen molar-refractivity contribution in [2.24, 2.45) is 0 Å². The van der Waals surface area contributed by atoms with Crippen LogP contribution in [0.25, 0.3) is 0 Å². The highest BCUT2D eigenvalue weighted by molar-refractivity contribution is 7.99. The molecule has 0 aromatic carbocycles. The zero-order valence-corrected chi connectivity index (χ0v) is 15.3. The molecule has 1 atom stereocenters. The third-order valence-corrected chi connectivity index (χ3v) is 5.22. The van der Waals surface area contributed by atoms with Gasteiger partial charge in [-0.15, -0.1) is 0 Å². The summed E-state index contributed by atoms with van der Waals surface area (Å²) in [5.41, 5.74) is 0.950. The molecular formula is C18H20N4O2S. The van der Waals surface area contributed by atoms with Crippen molar-refractivity contribution < 1.29 is 5.11 Å². The van der Waals surface area contributed by atoms with Crippen LogP contribution in [0.1, 0.15) is 55.8 Å². The number of aliphatic hydroxyl groups excluding tert-OH is 1. The van der Waals surface area contributed by atoms with Crippen molar-refractivity contribution in [2.75, 3.05) is 5.75 Å². The Balaban J connectivity index is 2.05. The zero-order chi connectivity index (χ0) is 18.2. The number of fused-ring (bicyclic) bond motifs is 1. The molecule has 25 heavy (non-hydrogen) atoms. The first-order chi connectivity index (χ1) is 11.8. The van der Waals surface area contributed by atoms with Gasteiger partial charge in [0.15, 0.2) is 5.16 Å². The van der Waals surface area contributed by atoms with Crippen LogP contribution in [-0.4, -0.2) is 25.4 Å². The highest BCUT2D eigenvalue weighted by Gasteiger charge is 2.25. The van der Waals surface area contributed by atoms with Crippen LogP contribution in [0.4, 0.5) is 0 Å². The maximum Gasteiger partial charge on any atom is 0.272 e. The predicted molar refractivity (Wildman–Crippen MR) is 95.6 cm³/mol. The Kier molecular flexibility index (Phi) is 4.67. The Morgan fingerprint density at radius 2 is 2.16 bits per heavy atom. The summed E-state index contributed by atoms with van der Waals surface area (Å²) in [6, 6.07) is 5.54. The van der Waals surface area contributed by atoms with Crippen molar-refractivity contribution in [2.45, 2.75) is 50.4 Å². The van der Waals surface area contributed by atoms with Crippen LogP contribution in [0.2, 0.25) is 0 Å². The molecule has 2 aromatic rings. The molecule has 1 N–H and O–H groups in total. The first-order valence-electron chi connectivity index (χ1n) is 8.15. The minimum Gasteiger partial charge on any atom is -0.382 e. The second-order valence-electron chi connectivity index (χ2n) is 7.05. The van der Waals surface area contributed by atoms with E-state index >= 15 is 0 Å².